The van der Waals surface area contributed by atoms with Crippen LogP contribution in [0.15, 0.2) is 42.5 Å². The number of benzene rings is 2. The molecule has 21 heavy (non-hydrogen) atoms. The number of aryl methyl sites for hydroxylation is 1. The Balaban J connectivity index is 2.24. The Morgan fingerprint density at radius 1 is 0.952 bits per heavy atom. The van der Waals surface area contributed by atoms with Gasteiger partial charge < -0.3 is 15.2 Å². The van der Waals surface area contributed by atoms with Gasteiger partial charge in [0.15, 0.2) is 0 Å². The summed E-state index contributed by atoms with van der Waals surface area (Å²) in [6.07, 6.45) is 0.768. The number of rotatable bonds is 5. The summed E-state index contributed by atoms with van der Waals surface area (Å²) in [4.78, 5) is 0. The summed E-state index contributed by atoms with van der Waals surface area (Å²) in [6.45, 7) is 4.13. The van der Waals surface area contributed by atoms with Gasteiger partial charge in [-0.3, -0.25) is 0 Å². The van der Waals surface area contributed by atoms with E-state index >= 15 is 0 Å². The summed E-state index contributed by atoms with van der Waals surface area (Å²) in [5.41, 5.74) is 9.61. The van der Waals surface area contributed by atoms with Gasteiger partial charge in [-0.1, -0.05) is 18.2 Å². The fraction of sp³-hybridized carbons (Fsp3) is 0.333. The monoisotopic (exact) mass is 285 g/mol. The Morgan fingerprint density at radius 2 is 1.52 bits per heavy atom. The van der Waals surface area contributed by atoms with Gasteiger partial charge in [-0.2, -0.15) is 0 Å². The second-order valence-electron chi connectivity index (χ2n) is 5.62. The SMILES string of the molecule is COc1ccc(CC(C)(N)c2ccc(OC)cc2C)cc1. The smallest absolute Gasteiger partial charge is 0.119 e. The molecule has 0 aliphatic heterocycles. The number of hydrogen-bond acceptors (Lipinski definition) is 3. The van der Waals surface area contributed by atoms with Crippen LogP contribution in [0.25, 0.3) is 0 Å². The van der Waals surface area contributed by atoms with E-state index in [0.717, 1.165) is 29.0 Å². The zero-order valence-corrected chi connectivity index (χ0v) is 13.1. The van der Waals surface area contributed by atoms with Crippen molar-refractivity contribution in [2.45, 2.75) is 25.8 Å². The molecule has 0 heterocycles. The fourth-order valence-corrected chi connectivity index (χ4v) is 2.67. The van der Waals surface area contributed by atoms with Crippen molar-refractivity contribution < 1.29 is 9.47 Å². The molecule has 2 aromatic rings. The van der Waals surface area contributed by atoms with Crippen LogP contribution in [0.5, 0.6) is 11.5 Å². The predicted octanol–water partition coefficient (Wildman–Crippen LogP) is 3.43. The van der Waals surface area contributed by atoms with Crippen molar-refractivity contribution in [3.63, 3.8) is 0 Å². The Morgan fingerprint density at radius 3 is 2.05 bits per heavy atom. The lowest BCUT2D eigenvalue weighted by molar-refractivity contribution is 0.412. The minimum Gasteiger partial charge on any atom is -0.497 e. The Hall–Kier alpha value is -2.00. The van der Waals surface area contributed by atoms with Crippen LogP contribution in [0, 0.1) is 6.92 Å². The van der Waals surface area contributed by atoms with E-state index in [0.29, 0.717) is 0 Å². The van der Waals surface area contributed by atoms with Gasteiger partial charge in [0, 0.05) is 5.54 Å². The molecule has 0 saturated heterocycles. The molecule has 1 unspecified atom stereocenters. The van der Waals surface area contributed by atoms with Crippen LogP contribution >= 0.6 is 0 Å². The minimum atomic E-state index is -0.426. The van der Waals surface area contributed by atoms with E-state index in [4.69, 9.17) is 15.2 Å². The number of nitrogens with two attached hydrogens (primary N) is 1. The van der Waals surface area contributed by atoms with Crippen LogP contribution in [0.4, 0.5) is 0 Å². The molecular formula is C18H23NO2. The van der Waals surface area contributed by atoms with E-state index < -0.39 is 5.54 Å². The summed E-state index contributed by atoms with van der Waals surface area (Å²) >= 11 is 0. The Labute approximate surface area is 126 Å². The summed E-state index contributed by atoms with van der Waals surface area (Å²) in [5.74, 6) is 1.72. The van der Waals surface area contributed by atoms with E-state index in [1.165, 1.54) is 5.56 Å². The highest BCUT2D eigenvalue weighted by Gasteiger charge is 2.23. The molecule has 0 fully saturated rings. The molecule has 2 N–H and O–H groups in total. The number of ether oxygens (including phenoxy) is 2. The average Bonchev–Trinajstić information content (AvgIpc) is 2.47. The fourth-order valence-electron chi connectivity index (χ4n) is 2.67. The van der Waals surface area contributed by atoms with Gasteiger partial charge in [0.1, 0.15) is 11.5 Å². The molecule has 0 amide bonds. The summed E-state index contributed by atoms with van der Waals surface area (Å²) in [6, 6.07) is 14.1. The lowest BCUT2D eigenvalue weighted by Crippen LogP contribution is -2.36. The van der Waals surface area contributed by atoms with E-state index in [2.05, 4.69) is 32.0 Å². The largest absolute Gasteiger partial charge is 0.497 e. The second-order valence-corrected chi connectivity index (χ2v) is 5.62. The van der Waals surface area contributed by atoms with Crippen molar-refractivity contribution in [3.05, 3.63) is 59.2 Å². The maximum Gasteiger partial charge on any atom is 0.119 e. The maximum atomic E-state index is 6.56. The highest BCUT2D eigenvalue weighted by Crippen LogP contribution is 2.28. The van der Waals surface area contributed by atoms with Gasteiger partial charge in [0.25, 0.3) is 0 Å². The third-order valence-corrected chi connectivity index (χ3v) is 3.78. The van der Waals surface area contributed by atoms with Crippen molar-refractivity contribution in [1.29, 1.82) is 0 Å². The first-order chi connectivity index (χ1) is 9.96. The standard InChI is InChI=1S/C18H23NO2/c1-13-11-16(21-4)9-10-17(13)18(2,19)12-14-5-7-15(20-3)8-6-14/h5-11H,12,19H2,1-4H3. The van der Waals surface area contributed by atoms with Crippen LogP contribution in [0.1, 0.15) is 23.6 Å². The predicted molar refractivity (Wildman–Crippen MR) is 86.0 cm³/mol. The lowest BCUT2D eigenvalue weighted by atomic mass is 9.84. The Bertz CT molecular complexity index is 603. The lowest BCUT2D eigenvalue weighted by Gasteiger charge is -2.27. The minimum absolute atomic E-state index is 0.426. The van der Waals surface area contributed by atoms with Gasteiger partial charge in [-0.05, 0) is 61.2 Å². The molecule has 0 radical (unpaired) electrons. The highest BCUT2D eigenvalue weighted by atomic mass is 16.5. The van der Waals surface area contributed by atoms with Crippen LogP contribution in [0.3, 0.4) is 0 Å². The molecule has 0 aromatic heterocycles. The molecule has 2 aromatic carbocycles. The zero-order chi connectivity index (χ0) is 15.5. The van der Waals surface area contributed by atoms with Crippen molar-refractivity contribution in [1.82, 2.24) is 0 Å². The summed E-state index contributed by atoms with van der Waals surface area (Å²) in [7, 11) is 3.34. The summed E-state index contributed by atoms with van der Waals surface area (Å²) in [5, 5.41) is 0. The third kappa shape index (κ3) is 3.56. The van der Waals surface area contributed by atoms with E-state index in [1.54, 1.807) is 14.2 Å². The second kappa shape index (κ2) is 6.19. The van der Waals surface area contributed by atoms with Crippen LogP contribution in [-0.4, -0.2) is 14.2 Å². The van der Waals surface area contributed by atoms with Gasteiger partial charge >= 0.3 is 0 Å². The molecule has 0 saturated carbocycles. The molecule has 2 rings (SSSR count). The van der Waals surface area contributed by atoms with Gasteiger partial charge in [0.05, 0.1) is 14.2 Å². The van der Waals surface area contributed by atoms with Crippen molar-refractivity contribution in [2.75, 3.05) is 14.2 Å². The molecule has 0 bridgehead atoms. The number of hydrogen-bond donors (Lipinski definition) is 1. The van der Waals surface area contributed by atoms with Gasteiger partial charge in [0.2, 0.25) is 0 Å². The Kier molecular flexibility index (Phi) is 4.53. The molecule has 112 valence electrons. The topological polar surface area (TPSA) is 44.5 Å². The molecule has 0 spiro atoms. The molecule has 0 aliphatic rings. The first kappa shape index (κ1) is 15.4. The van der Waals surface area contributed by atoms with Crippen molar-refractivity contribution in [2.24, 2.45) is 5.73 Å². The number of methoxy groups -OCH3 is 2. The first-order valence-electron chi connectivity index (χ1n) is 7.03. The van der Waals surface area contributed by atoms with Gasteiger partial charge in [-0.25, -0.2) is 0 Å². The summed E-state index contributed by atoms with van der Waals surface area (Å²) < 4.78 is 10.4. The average molecular weight is 285 g/mol. The van der Waals surface area contributed by atoms with Gasteiger partial charge in [-0.15, -0.1) is 0 Å². The molecule has 0 aliphatic carbocycles. The van der Waals surface area contributed by atoms with Crippen LogP contribution < -0.4 is 15.2 Å². The molecule has 3 nitrogen and oxygen atoms in total. The molecular weight excluding hydrogens is 262 g/mol. The van der Waals surface area contributed by atoms with Crippen molar-refractivity contribution in [3.8, 4) is 11.5 Å². The highest BCUT2D eigenvalue weighted by molar-refractivity contribution is 5.40. The van der Waals surface area contributed by atoms with E-state index in [9.17, 15) is 0 Å². The van der Waals surface area contributed by atoms with Crippen LogP contribution in [0.2, 0.25) is 0 Å². The van der Waals surface area contributed by atoms with Crippen LogP contribution in [-0.2, 0) is 12.0 Å². The normalized spacial score (nSPS) is 13.6. The quantitative estimate of drug-likeness (QED) is 0.915. The maximum absolute atomic E-state index is 6.56. The van der Waals surface area contributed by atoms with E-state index in [1.807, 2.05) is 24.3 Å². The first-order valence-corrected chi connectivity index (χ1v) is 7.03. The van der Waals surface area contributed by atoms with Crippen molar-refractivity contribution >= 4 is 0 Å². The molecule has 3 heteroatoms. The molecule has 1 atom stereocenters. The van der Waals surface area contributed by atoms with E-state index in [-0.39, 0.29) is 0 Å². The third-order valence-electron chi connectivity index (χ3n) is 3.78. The zero-order valence-electron chi connectivity index (χ0n) is 13.1.